The number of imidazole rings is 1. The van der Waals surface area contributed by atoms with Crippen LogP contribution in [0.5, 0.6) is 0 Å². The number of hydrogen-bond acceptors (Lipinski definition) is 4. The Balaban J connectivity index is 1.80. The Bertz CT molecular complexity index is 1180. The zero-order valence-electron chi connectivity index (χ0n) is 14.7. The van der Waals surface area contributed by atoms with Gasteiger partial charge in [0.1, 0.15) is 0 Å². The van der Waals surface area contributed by atoms with E-state index in [0.29, 0.717) is 31.6 Å². The van der Waals surface area contributed by atoms with Gasteiger partial charge < -0.3 is 4.98 Å². The van der Waals surface area contributed by atoms with Crippen LogP contribution in [-0.2, 0) is 16.8 Å². The van der Waals surface area contributed by atoms with E-state index in [2.05, 4.69) is 16.0 Å². The highest BCUT2D eigenvalue weighted by Gasteiger charge is 2.30. The third kappa shape index (κ3) is 2.81. The van der Waals surface area contributed by atoms with E-state index in [9.17, 15) is 13.2 Å². The SMILES string of the molecule is Cc1cc2ncc3[nH]c(=O)n(CC4CCN(S(N)(=O)=O)C4)c3c2cc1C. The van der Waals surface area contributed by atoms with Crippen molar-refractivity contribution in [3.8, 4) is 0 Å². The molecular formula is C17H21N5O3S. The molecule has 0 saturated carbocycles. The molecule has 1 aromatic carbocycles. The van der Waals surface area contributed by atoms with Gasteiger partial charge in [0.25, 0.3) is 10.2 Å². The molecule has 1 aliphatic heterocycles. The number of benzene rings is 1. The third-order valence-corrected chi connectivity index (χ3v) is 6.31. The Morgan fingerprint density at radius 3 is 2.73 bits per heavy atom. The van der Waals surface area contributed by atoms with Gasteiger partial charge in [-0.1, -0.05) is 0 Å². The lowest BCUT2D eigenvalue weighted by atomic mass is 10.0. The van der Waals surface area contributed by atoms with Crippen molar-refractivity contribution in [3.63, 3.8) is 0 Å². The number of aromatic amines is 1. The highest BCUT2D eigenvalue weighted by Crippen LogP contribution is 2.26. The smallest absolute Gasteiger partial charge is 0.304 e. The summed E-state index contributed by atoms with van der Waals surface area (Å²) in [5.41, 5.74) is 4.42. The van der Waals surface area contributed by atoms with Gasteiger partial charge in [0.2, 0.25) is 0 Å². The lowest BCUT2D eigenvalue weighted by Gasteiger charge is -2.14. The van der Waals surface area contributed by atoms with Gasteiger partial charge in [-0.25, -0.2) is 9.93 Å². The highest BCUT2D eigenvalue weighted by molar-refractivity contribution is 7.86. The van der Waals surface area contributed by atoms with E-state index < -0.39 is 10.2 Å². The monoisotopic (exact) mass is 375 g/mol. The minimum absolute atomic E-state index is 0.0415. The van der Waals surface area contributed by atoms with Crippen LogP contribution >= 0.6 is 0 Å². The summed E-state index contributed by atoms with van der Waals surface area (Å²) in [7, 11) is -3.68. The highest BCUT2D eigenvalue weighted by atomic mass is 32.2. The van der Waals surface area contributed by atoms with Gasteiger partial charge >= 0.3 is 5.69 Å². The number of aromatic nitrogens is 3. The first-order chi connectivity index (χ1) is 12.2. The predicted molar refractivity (Wildman–Crippen MR) is 100 cm³/mol. The Hall–Kier alpha value is -2.23. The predicted octanol–water partition coefficient (Wildman–Crippen LogP) is 1.02. The normalized spacial score (nSPS) is 19.0. The maximum absolute atomic E-state index is 12.5. The molecule has 0 spiro atoms. The molecule has 3 N–H and O–H groups in total. The van der Waals surface area contributed by atoms with E-state index in [0.717, 1.165) is 27.5 Å². The molecule has 0 aliphatic carbocycles. The molecular weight excluding hydrogens is 354 g/mol. The van der Waals surface area contributed by atoms with E-state index in [4.69, 9.17) is 5.14 Å². The molecule has 1 saturated heterocycles. The molecule has 0 bridgehead atoms. The van der Waals surface area contributed by atoms with Crippen LogP contribution in [0, 0.1) is 19.8 Å². The second-order valence-corrected chi connectivity index (χ2v) is 8.62. The van der Waals surface area contributed by atoms with Gasteiger partial charge in [-0.15, -0.1) is 0 Å². The van der Waals surface area contributed by atoms with Crippen LogP contribution in [0.2, 0.25) is 0 Å². The first kappa shape index (κ1) is 17.2. The van der Waals surface area contributed by atoms with Gasteiger partial charge in [-0.05, 0) is 49.4 Å². The van der Waals surface area contributed by atoms with Crippen molar-refractivity contribution >= 4 is 32.1 Å². The average Bonchev–Trinajstić information content (AvgIpc) is 3.14. The third-order valence-electron chi connectivity index (χ3n) is 5.26. The maximum Gasteiger partial charge on any atom is 0.326 e. The molecule has 0 amide bonds. The lowest BCUT2D eigenvalue weighted by Crippen LogP contribution is -2.35. The number of nitrogens with two attached hydrogens (primary N) is 1. The number of rotatable bonds is 3. The first-order valence-electron chi connectivity index (χ1n) is 8.50. The van der Waals surface area contributed by atoms with Crippen LogP contribution in [0.3, 0.4) is 0 Å². The van der Waals surface area contributed by atoms with E-state index in [-0.39, 0.29) is 11.6 Å². The standard InChI is InChI=1S/C17H21N5O3S/c1-10-5-13-14(6-11(10)2)19-7-15-16(13)22(17(23)20-15)9-12-3-4-21(8-12)26(18,24)25/h5-7,12H,3-4,8-9H2,1-2H3,(H,20,23)(H2,18,24,25). The topological polar surface area (TPSA) is 114 Å². The van der Waals surface area contributed by atoms with Crippen LogP contribution in [-0.4, -0.2) is 40.3 Å². The summed E-state index contributed by atoms with van der Waals surface area (Å²) in [5, 5.41) is 6.14. The zero-order valence-corrected chi connectivity index (χ0v) is 15.5. The largest absolute Gasteiger partial charge is 0.326 e. The van der Waals surface area contributed by atoms with Gasteiger partial charge in [-0.2, -0.15) is 12.7 Å². The summed E-state index contributed by atoms with van der Waals surface area (Å²) in [6.45, 7) is 5.23. The molecule has 1 unspecified atom stereocenters. The van der Waals surface area contributed by atoms with Gasteiger partial charge in [0.05, 0.1) is 22.7 Å². The minimum Gasteiger partial charge on any atom is -0.304 e. The van der Waals surface area contributed by atoms with Gasteiger partial charge in [0.15, 0.2) is 0 Å². The van der Waals surface area contributed by atoms with Crippen LogP contribution < -0.4 is 10.8 Å². The van der Waals surface area contributed by atoms with E-state index >= 15 is 0 Å². The van der Waals surface area contributed by atoms with E-state index in [1.165, 1.54) is 4.31 Å². The van der Waals surface area contributed by atoms with Crippen LogP contribution in [0.25, 0.3) is 21.9 Å². The van der Waals surface area contributed by atoms with Crippen LogP contribution in [0.15, 0.2) is 23.1 Å². The van der Waals surface area contributed by atoms with Crippen LogP contribution in [0.4, 0.5) is 0 Å². The molecule has 3 aromatic rings. The second kappa shape index (κ2) is 5.90. The lowest BCUT2D eigenvalue weighted by molar-refractivity contribution is 0.430. The van der Waals surface area contributed by atoms with Crippen molar-refractivity contribution in [1.29, 1.82) is 0 Å². The number of H-pyrrole nitrogens is 1. The first-order valence-corrected chi connectivity index (χ1v) is 10.0. The van der Waals surface area contributed by atoms with E-state index in [1.807, 2.05) is 19.9 Å². The Morgan fingerprint density at radius 1 is 1.31 bits per heavy atom. The summed E-state index contributed by atoms with van der Waals surface area (Å²) in [4.78, 5) is 19.8. The average molecular weight is 375 g/mol. The zero-order chi connectivity index (χ0) is 18.6. The quantitative estimate of drug-likeness (QED) is 0.711. The summed E-state index contributed by atoms with van der Waals surface area (Å²) < 4.78 is 26.0. The molecule has 1 atom stereocenters. The molecule has 2 aromatic heterocycles. The number of fused-ring (bicyclic) bond motifs is 3. The Kier molecular flexibility index (Phi) is 3.90. The molecule has 0 radical (unpaired) electrons. The molecule has 1 fully saturated rings. The fraction of sp³-hybridized carbons (Fsp3) is 0.412. The fourth-order valence-corrected chi connectivity index (χ4v) is 4.49. The molecule has 3 heterocycles. The van der Waals surface area contributed by atoms with Crippen LogP contribution in [0.1, 0.15) is 17.5 Å². The summed E-state index contributed by atoms with van der Waals surface area (Å²) in [6, 6.07) is 4.07. The second-order valence-electron chi connectivity index (χ2n) is 7.07. The van der Waals surface area contributed by atoms with Gasteiger partial charge in [0, 0.05) is 25.0 Å². The Labute approximate surface area is 150 Å². The number of nitrogens with zero attached hydrogens (tertiary/aromatic N) is 3. The molecule has 8 nitrogen and oxygen atoms in total. The maximum atomic E-state index is 12.5. The number of pyridine rings is 1. The summed E-state index contributed by atoms with van der Waals surface area (Å²) in [5.74, 6) is 0.0415. The van der Waals surface area contributed by atoms with Crippen molar-refractivity contribution in [2.75, 3.05) is 13.1 Å². The van der Waals surface area contributed by atoms with E-state index in [1.54, 1.807) is 10.8 Å². The van der Waals surface area contributed by atoms with Gasteiger partial charge in [-0.3, -0.25) is 9.55 Å². The number of aryl methyl sites for hydroxylation is 2. The fourth-order valence-electron chi connectivity index (χ4n) is 3.71. The van der Waals surface area contributed by atoms with Crippen molar-refractivity contribution in [2.24, 2.45) is 11.1 Å². The summed E-state index contributed by atoms with van der Waals surface area (Å²) >= 11 is 0. The van der Waals surface area contributed by atoms with Crippen molar-refractivity contribution in [3.05, 3.63) is 39.9 Å². The molecule has 1 aliphatic rings. The molecule has 9 heteroatoms. The van der Waals surface area contributed by atoms with Crippen molar-refractivity contribution in [2.45, 2.75) is 26.8 Å². The van der Waals surface area contributed by atoms with Crippen molar-refractivity contribution in [1.82, 2.24) is 18.8 Å². The summed E-state index contributed by atoms with van der Waals surface area (Å²) in [6.07, 6.45) is 2.35. The minimum atomic E-state index is -3.68. The molecule has 26 heavy (non-hydrogen) atoms. The molecule has 138 valence electrons. The number of nitrogens with one attached hydrogen (secondary N) is 1. The van der Waals surface area contributed by atoms with Crippen molar-refractivity contribution < 1.29 is 8.42 Å². The Morgan fingerprint density at radius 2 is 2.04 bits per heavy atom. The molecule has 4 rings (SSSR count). The number of hydrogen-bond donors (Lipinski definition) is 2.